The second-order valence-corrected chi connectivity index (χ2v) is 6.24. The first-order valence-corrected chi connectivity index (χ1v) is 7.91. The Morgan fingerprint density at radius 2 is 2.19 bits per heavy atom. The number of hydrogen-bond acceptors (Lipinski definition) is 6. The van der Waals surface area contributed by atoms with Gasteiger partial charge < -0.3 is 5.32 Å². The van der Waals surface area contributed by atoms with Gasteiger partial charge in [-0.2, -0.15) is 0 Å². The molecule has 1 saturated heterocycles. The summed E-state index contributed by atoms with van der Waals surface area (Å²) in [6.45, 7) is 4.05. The van der Waals surface area contributed by atoms with Crippen LogP contribution in [0.2, 0.25) is 0 Å². The van der Waals surface area contributed by atoms with Crippen LogP contribution in [0, 0.1) is 13.8 Å². The minimum atomic E-state index is -0.156. The molecule has 106 valence electrons. The van der Waals surface area contributed by atoms with E-state index in [4.69, 9.17) is 0 Å². The van der Waals surface area contributed by atoms with Gasteiger partial charge in [0.1, 0.15) is 0 Å². The molecule has 1 N–H and O–H groups in total. The van der Waals surface area contributed by atoms with Crippen molar-refractivity contribution in [3.05, 3.63) is 45.3 Å². The van der Waals surface area contributed by atoms with Gasteiger partial charge in [-0.15, -0.1) is 5.10 Å². The standard InChI is InChI=1S/C14H12N4OS2/c1-8-3-4-11(9(2)5-8)15-14-16-13(19)12(21-14)6-10-7-20-18-17-10/h3-7H,1-2H3,(H,15,16,19)/b12-6-. The molecule has 1 aromatic carbocycles. The number of aromatic nitrogens is 2. The van der Waals surface area contributed by atoms with Gasteiger partial charge in [0.15, 0.2) is 5.17 Å². The average Bonchev–Trinajstić information content (AvgIpc) is 3.04. The zero-order valence-electron chi connectivity index (χ0n) is 11.5. The van der Waals surface area contributed by atoms with Crippen molar-refractivity contribution in [1.29, 1.82) is 0 Å². The van der Waals surface area contributed by atoms with E-state index in [0.717, 1.165) is 11.3 Å². The topological polar surface area (TPSA) is 67.2 Å². The fraction of sp³-hybridized carbons (Fsp3) is 0.143. The number of hydrogen-bond donors (Lipinski definition) is 1. The summed E-state index contributed by atoms with van der Waals surface area (Å²) in [5, 5.41) is 9.05. The summed E-state index contributed by atoms with van der Waals surface area (Å²) in [5.41, 5.74) is 3.82. The van der Waals surface area contributed by atoms with Crippen LogP contribution in [0.1, 0.15) is 16.8 Å². The first kappa shape index (κ1) is 14.0. The molecule has 0 aliphatic carbocycles. The number of amidine groups is 1. The number of rotatable bonds is 2. The third-order valence-electron chi connectivity index (χ3n) is 2.88. The number of benzene rings is 1. The Balaban J connectivity index is 1.85. The van der Waals surface area contributed by atoms with E-state index >= 15 is 0 Å². The van der Waals surface area contributed by atoms with Gasteiger partial charge in [0, 0.05) is 5.38 Å². The number of aliphatic imine (C=N–C) groups is 1. The Kier molecular flexibility index (Phi) is 3.85. The molecule has 0 unspecified atom stereocenters. The lowest BCUT2D eigenvalue weighted by atomic mass is 10.1. The van der Waals surface area contributed by atoms with Gasteiger partial charge in [-0.1, -0.05) is 22.2 Å². The van der Waals surface area contributed by atoms with Crippen molar-refractivity contribution in [2.24, 2.45) is 4.99 Å². The quantitative estimate of drug-likeness (QED) is 0.865. The fourth-order valence-corrected chi connectivity index (χ4v) is 3.12. The summed E-state index contributed by atoms with van der Waals surface area (Å²) in [5.74, 6) is -0.156. The van der Waals surface area contributed by atoms with Crippen LogP contribution in [0.3, 0.4) is 0 Å². The summed E-state index contributed by atoms with van der Waals surface area (Å²) >= 11 is 2.57. The van der Waals surface area contributed by atoms with Crippen LogP contribution in [0.5, 0.6) is 0 Å². The van der Waals surface area contributed by atoms with E-state index in [0.29, 0.717) is 15.8 Å². The molecule has 0 radical (unpaired) electrons. The summed E-state index contributed by atoms with van der Waals surface area (Å²) in [6, 6.07) is 6.03. The van der Waals surface area contributed by atoms with Gasteiger partial charge in [-0.25, -0.2) is 4.99 Å². The van der Waals surface area contributed by atoms with Crippen molar-refractivity contribution >= 4 is 46.1 Å². The average molecular weight is 316 g/mol. The van der Waals surface area contributed by atoms with E-state index in [9.17, 15) is 4.79 Å². The second kappa shape index (κ2) is 5.79. The molecule has 1 fully saturated rings. The Bertz CT molecular complexity index is 750. The molecule has 7 heteroatoms. The molecule has 21 heavy (non-hydrogen) atoms. The lowest BCUT2D eigenvalue weighted by molar-refractivity contribution is -0.115. The zero-order chi connectivity index (χ0) is 14.8. The third-order valence-corrected chi connectivity index (χ3v) is 4.31. The summed E-state index contributed by atoms with van der Waals surface area (Å²) in [7, 11) is 0. The number of carbonyl (C=O) groups excluding carboxylic acids is 1. The highest BCUT2D eigenvalue weighted by Crippen LogP contribution is 2.29. The SMILES string of the molecule is Cc1ccc(N=C2NC(=O)/C(=C/c3csnn3)S2)c(C)c1. The van der Waals surface area contributed by atoms with E-state index in [2.05, 4.69) is 26.0 Å². The first-order chi connectivity index (χ1) is 10.1. The monoisotopic (exact) mass is 316 g/mol. The van der Waals surface area contributed by atoms with E-state index in [1.54, 1.807) is 11.5 Å². The highest BCUT2D eigenvalue weighted by molar-refractivity contribution is 8.18. The number of nitrogens with zero attached hydrogens (tertiary/aromatic N) is 3. The predicted octanol–water partition coefficient (Wildman–Crippen LogP) is 3.05. The van der Waals surface area contributed by atoms with Crippen molar-refractivity contribution in [2.75, 3.05) is 0 Å². The van der Waals surface area contributed by atoms with Crippen molar-refractivity contribution in [3.8, 4) is 0 Å². The Morgan fingerprint density at radius 3 is 2.90 bits per heavy atom. The summed E-state index contributed by atoms with van der Waals surface area (Å²) in [4.78, 5) is 17.0. The molecular formula is C14H12N4OS2. The molecular weight excluding hydrogens is 304 g/mol. The van der Waals surface area contributed by atoms with Crippen LogP contribution in [0.25, 0.3) is 6.08 Å². The van der Waals surface area contributed by atoms with Crippen LogP contribution in [0.15, 0.2) is 33.5 Å². The predicted molar refractivity (Wildman–Crippen MR) is 86.6 cm³/mol. The highest BCUT2D eigenvalue weighted by atomic mass is 32.2. The van der Waals surface area contributed by atoms with Crippen molar-refractivity contribution in [1.82, 2.24) is 14.9 Å². The highest BCUT2D eigenvalue weighted by Gasteiger charge is 2.24. The van der Waals surface area contributed by atoms with Crippen molar-refractivity contribution in [2.45, 2.75) is 13.8 Å². The minimum Gasteiger partial charge on any atom is -0.300 e. The van der Waals surface area contributed by atoms with E-state index in [1.165, 1.54) is 28.9 Å². The maximum absolute atomic E-state index is 11.9. The first-order valence-electron chi connectivity index (χ1n) is 6.26. The molecule has 5 nitrogen and oxygen atoms in total. The van der Waals surface area contributed by atoms with Gasteiger partial charge in [-0.05, 0) is 54.8 Å². The molecule has 0 spiro atoms. The van der Waals surface area contributed by atoms with Gasteiger partial charge in [0.25, 0.3) is 5.91 Å². The fourth-order valence-electron chi connectivity index (χ4n) is 1.89. The van der Waals surface area contributed by atoms with Gasteiger partial charge >= 0.3 is 0 Å². The maximum atomic E-state index is 11.9. The molecule has 2 aromatic rings. The molecule has 2 heterocycles. The van der Waals surface area contributed by atoms with Crippen LogP contribution in [-0.4, -0.2) is 20.7 Å². The van der Waals surface area contributed by atoms with E-state index < -0.39 is 0 Å². The maximum Gasteiger partial charge on any atom is 0.264 e. The second-order valence-electron chi connectivity index (χ2n) is 4.60. The molecule has 1 amide bonds. The molecule has 1 aliphatic heterocycles. The van der Waals surface area contributed by atoms with Gasteiger partial charge in [0.05, 0.1) is 16.3 Å². The lowest BCUT2D eigenvalue weighted by Gasteiger charge is -2.02. The Morgan fingerprint density at radius 1 is 1.33 bits per heavy atom. The Labute approximate surface area is 130 Å². The van der Waals surface area contributed by atoms with Gasteiger partial charge in [0.2, 0.25) is 0 Å². The number of thioether (sulfide) groups is 1. The molecule has 1 aromatic heterocycles. The number of amides is 1. The number of nitrogens with one attached hydrogen (secondary N) is 1. The molecule has 1 aliphatic rings. The van der Waals surface area contributed by atoms with E-state index in [1.807, 2.05) is 26.0 Å². The summed E-state index contributed by atoms with van der Waals surface area (Å²) in [6.07, 6.45) is 1.72. The van der Waals surface area contributed by atoms with Crippen LogP contribution >= 0.6 is 23.3 Å². The molecule has 0 atom stereocenters. The lowest BCUT2D eigenvalue weighted by Crippen LogP contribution is -2.19. The smallest absolute Gasteiger partial charge is 0.264 e. The Hall–Kier alpha value is -1.99. The largest absolute Gasteiger partial charge is 0.300 e. The third kappa shape index (κ3) is 3.20. The normalized spacial score (nSPS) is 18.5. The van der Waals surface area contributed by atoms with Crippen molar-refractivity contribution < 1.29 is 4.79 Å². The zero-order valence-corrected chi connectivity index (χ0v) is 13.1. The molecule has 3 rings (SSSR count). The van der Waals surface area contributed by atoms with Gasteiger partial charge in [-0.3, -0.25) is 4.79 Å². The number of aryl methyl sites for hydroxylation is 2. The molecule has 0 bridgehead atoms. The minimum absolute atomic E-state index is 0.156. The van der Waals surface area contributed by atoms with Crippen LogP contribution in [0.4, 0.5) is 5.69 Å². The van der Waals surface area contributed by atoms with Crippen molar-refractivity contribution in [3.63, 3.8) is 0 Å². The van der Waals surface area contributed by atoms with Crippen LogP contribution < -0.4 is 5.32 Å². The van der Waals surface area contributed by atoms with Crippen LogP contribution in [-0.2, 0) is 4.79 Å². The number of carbonyl (C=O) groups is 1. The molecule has 0 saturated carbocycles. The summed E-state index contributed by atoms with van der Waals surface area (Å²) < 4.78 is 3.77. The van der Waals surface area contributed by atoms with E-state index in [-0.39, 0.29) is 5.91 Å².